The van der Waals surface area contributed by atoms with Crippen LogP contribution in [-0.4, -0.2) is 30.6 Å². The highest BCUT2D eigenvalue weighted by atomic mass is 16.1. The number of nitrogens with one attached hydrogen (secondary N) is 1. The second-order valence-electron chi connectivity index (χ2n) is 5.53. The molecule has 0 aliphatic carbocycles. The highest BCUT2D eigenvalue weighted by Crippen LogP contribution is 2.16. The van der Waals surface area contributed by atoms with Crippen molar-refractivity contribution < 1.29 is 4.79 Å². The number of nitrogens with zero attached hydrogens (tertiary/aromatic N) is 5. The van der Waals surface area contributed by atoms with Crippen LogP contribution in [0.1, 0.15) is 10.4 Å². The van der Waals surface area contributed by atoms with E-state index in [1.165, 1.54) is 12.4 Å². The molecule has 126 valence electrons. The van der Waals surface area contributed by atoms with E-state index in [1.807, 2.05) is 54.6 Å². The fraction of sp³-hybridized carbons (Fsp3) is 0. The van der Waals surface area contributed by atoms with E-state index in [9.17, 15) is 4.79 Å². The Morgan fingerprint density at radius 1 is 0.885 bits per heavy atom. The minimum atomic E-state index is -0.273. The van der Waals surface area contributed by atoms with E-state index >= 15 is 0 Å². The van der Waals surface area contributed by atoms with E-state index in [-0.39, 0.29) is 5.91 Å². The van der Waals surface area contributed by atoms with E-state index in [0.29, 0.717) is 17.1 Å². The van der Waals surface area contributed by atoms with Gasteiger partial charge in [0.1, 0.15) is 12.7 Å². The van der Waals surface area contributed by atoms with Crippen molar-refractivity contribution in [3.8, 4) is 17.1 Å². The lowest BCUT2D eigenvalue weighted by molar-refractivity contribution is 0.102. The van der Waals surface area contributed by atoms with Gasteiger partial charge in [-0.05, 0) is 18.2 Å². The molecule has 0 saturated heterocycles. The average Bonchev–Trinajstić information content (AvgIpc) is 3.24. The zero-order valence-corrected chi connectivity index (χ0v) is 13.6. The maximum atomic E-state index is 12.4. The zero-order valence-electron chi connectivity index (χ0n) is 13.6. The molecule has 0 aliphatic rings. The Hall–Kier alpha value is -3.87. The summed E-state index contributed by atoms with van der Waals surface area (Å²) in [7, 11) is 0. The number of hydrogen-bond donors (Lipinski definition) is 1. The Labute approximate surface area is 149 Å². The lowest BCUT2D eigenvalue weighted by Gasteiger charge is -2.08. The van der Waals surface area contributed by atoms with Gasteiger partial charge in [0.2, 0.25) is 0 Å². The number of aromatic nitrogens is 5. The van der Waals surface area contributed by atoms with Gasteiger partial charge in [0.25, 0.3) is 5.91 Å². The monoisotopic (exact) mass is 342 g/mol. The number of hydrogen-bond acceptors (Lipinski definition) is 5. The molecule has 0 aliphatic heterocycles. The summed E-state index contributed by atoms with van der Waals surface area (Å²) in [5.41, 5.74) is 2.80. The average molecular weight is 342 g/mol. The molecule has 0 bridgehead atoms. The molecule has 0 saturated carbocycles. The summed E-state index contributed by atoms with van der Waals surface area (Å²) in [6.45, 7) is 0. The van der Waals surface area contributed by atoms with E-state index in [2.05, 4.69) is 25.5 Å². The lowest BCUT2D eigenvalue weighted by atomic mass is 10.2. The number of benzene rings is 2. The SMILES string of the molecule is O=C(Nc1cccc(-n2cnnc2)c1)c1cnc(-c2ccccc2)nc1. The molecule has 2 aromatic carbocycles. The van der Waals surface area contributed by atoms with Gasteiger partial charge in [0, 0.05) is 23.6 Å². The highest BCUT2D eigenvalue weighted by molar-refractivity contribution is 6.04. The van der Waals surface area contributed by atoms with Gasteiger partial charge < -0.3 is 5.32 Å². The predicted octanol–water partition coefficient (Wildman–Crippen LogP) is 2.98. The van der Waals surface area contributed by atoms with Gasteiger partial charge in [-0.25, -0.2) is 9.97 Å². The minimum absolute atomic E-state index is 0.273. The molecule has 0 atom stereocenters. The van der Waals surface area contributed by atoms with Crippen LogP contribution in [0.5, 0.6) is 0 Å². The van der Waals surface area contributed by atoms with Gasteiger partial charge in [-0.15, -0.1) is 10.2 Å². The van der Waals surface area contributed by atoms with Crippen molar-refractivity contribution >= 4 is 11.6 Å². The van der Waals surface area contributed by atoms with Crippen molar-refractivity contribution in [1.82, 2.24) is 24.7 Å². The normalized spacial score (nSPS) is 10.5. The molecule has 1 amide bonds. The summed E-state index contributed by atoms with van der Waals surface area (Å²) in [6, 6.07) is 17.0. The maximum absolute atomic E-state index is 12.4. The van der Waals surface area contributed by atoms with E-state index in [1.54, 1.807) is 17.2 Å². The summed E-state index contributed by atoms with van der Waals surface area (Å²) in [6.07, 6.45) is 6.23. The van der Waals surface area contributed by atoms with Crippen LogP contribution in [-0.2, 0) is 0 Å². The van der Waals surface area contributed by atoms with Crippen LogP contribution in [0.4, 0.5) is 5.69 Å². The molecule has 2 heterocycles. The van der Waals surface area contributed by atoms with Crippen LogP contribution in [0.15, 0.2) is 79.6 Å². The molecule has 7 nitrogen and oxygen atoms in total. The number of rotatable bonds is 4. The first kappa shape index (κ1) is 15.6. The molecule has 0 radical (unpaired) electrons. The van der Waals surface area contributed by atoms with Crippen LogP contribution >= 0.6 is 0 Å². The molecule has 4 rings (SSSR count). The molecule has 7 heteroatoms. The van der Waals surface area contributed by atoms with Crippen LogP contribution in [0.2, 0.25) is 0 Å². The second kappa shape index (κ2) is 6.94. The lowest BCUT2D eigenvalue weighted by Crippen LogP contribution is -2.13. The summed E-state index contributed by atoms with van der Waals surface area (Å²) < 4.78 is 1.76. The van der Waals surface area contributed by atoms with Crippen molar-refractivity contribution in [3.05, 3.63) is 85.2 Å². The van der Waals surface area contributed by atoms with Crippen LogP contribution in [0.25, 0.3) is 17.1 Å². The van der Waals surface area contributed by atoms with Crippen LogP contribution in [0.3, 0.4) is 0 Å². The Bertz CT molecular complexity index is 1010. The molecular weight excluding hydrogens is 328 g/mol. The molecule has 0 fully saturated rings. The van der Waals surface area contributed by atoms with Crippen molar-refractivity contribution in [3.63, 3.8) is 0 Å². The molecular formula is C19H14N6O. The third-order valence-electron chi connectivity index (χ3n) is 3.77. The molecule has 2 aromatic heterocycles. The Balaban J connectivity index is 1.51. The smallest absolute Gasteiger partial charge is 0.258 e. The number of anilines is 1. The van der Waals surface area contributed by atoms with Crippen molar-refractivity contribution in [2.24, 2.45) is 0 Å². The summed E-state index contributed by atoms with van der Waals surface area (Å²) in [5.74, 6) is 0.308. The third-order valence-corrected chi connectivity index (χ3v) is 3.77. The van der Waals surface area contributed by atoms with Crippen LogP contribution < -0.4 is 5.32 Å². The van der Waals surface area contributed by atoms with Gasteiger partial charge in [-0.2, -0.15) is 0 Å². The molecule has 0 spiro atoms. The van der Waals surface area contributed by atoms with Crippen LogP contribution in [0, 0.1) is 0 Å². The van der Waals surface area contributed by atoms with Gasteiger partial charge in [-0.3, -0.25) is 9.36 Å². The van der Waals surface area contributed by atoms with Crippen molar-refractivity contribution in [2.45, 2.75) is 0 Å². The quantitative estimate of drug-likeness (QED) is 0.616. The Morgan fingerprint density at radius 3 is 2.35 bits per heavy atom. The first-order valence-corrected chi connectivity index (χ1v) is 7.93. The van der Waals surface area contributed by atoms with Gasteiger partial charge >= 0.3 is 0 Å². The summed E-state index contributed by atoms with van der Waals surface area (Å²) >= 11 is 0. The standard InChI is InChI=1S/C19H14N6O/c26-19(15-10-20-18(21-11-15)14-5-2-1-3-6-14)24-16-7-4-8-17(9-16)25-12-22-23-13-25/h1-13H,(H,24,26). The third kappa shape index (κ3) is 3.32. The zero-order chi connectivity index (χ0) is 17.8. The largest absolute Gasteiger partial charge is 0.322 e. The van der Waals surface area contributed by atoms with Gasteiger partial charge in [0.05, 0.1) is 11.3 Å². The summed E-state index contributed by atoms with van der Waals surface area (Å²) in [4.78, 5) is 21.0. The fourth-order valence-corrected chi connectivity index (χ4v) is 2.46. The molecule has 4 aromatic rings. The maximum Gasteiger partial charge on any atom is 0.258 e. The summed E-state index contributed by atoms with van der Waals surface area (Å²) in [5, 5.41) is 10.4. The van der Waals surface area contributed by atoms with Gasteiger partial charge in [-0.1, -0.05) is 36.4 Å². The van der Waals surface area contributed by atoms with Crippen molar-refractivity contribution in [2.75, 3.05) is 5.32 Å². The highest BCUT2D eigenvalue weighted by Gasteiger charge is 2.09. The number of carbonyl (C=O) groups excluding carboxylic acids is 1. The molecule has 1 N–H and O–H groups in total. The number of amides is 1. The molecule has 0 unspecified atom stereocenters. The van der Waals surface area contributed by atoms with Crippen molar-refractivity contribution in [1.29, 1.82) is 0 Å². The van der Waals surface area contributed by atoms with E-state index in [4.69, 9.17) is 0 Å². The van der Waals surface area contributed by atoms with E-state index < -0.39 is 0 Å². The Morgan fingerprint density at radius 2 is 1.62 bits per heavy atom. The topological polar surface area (TPSA) is 85.6 Å². The number of carbonyl (C=O) groups is 1. The van der Waals surface area contributed by atoms with Gasteiger partial charge in [0.15, 0.2) is 5.82 Å². The predicted molar refractivity (Wildman–Crippen MR) is 96.8 cm³/mol. The second-order valence-corrected chi connectivity index (χ2v) is 5.53. The molecule has 26 heavy (non-hydrogen) atoms. The fourth-order valence-electron chi connectivity index (χ4n) is 2.46. The first-order chi connectivity index (χ1) is 12.8. The van der Waals surface area contributed by atoms with E-state index in [0.717, 1.165) is 11.3 Å². The minimum Gasteiger partial charge on any atom is -0.322 e. The first-order valence-electron chi connectivity index (χ1n) is 7.93. The Kier molecular flexibility index (Phi) is 4.17.